The first-order chi connectivity index (χ1) is 68.1. The lowest BCUT2D eigenvalue weighted by atomic mass is 10.00. The van der Waals surface area contributed by atoms with E-state index in [1.54, 1.807) is 0 Å². The number of para-hydroxylation sites is 11. The van der Waals surface area contributed by atoms with Crippen molar-refractivity contribution in [3.8, 4) is 72.9 Å². The van der Waals surface area contributed by atoms with Gasteiger partial charge >= 0.3 is 0 Å². The first-order valence-electron chi connectivity index (χ1n) is 47.3. The zero-order valence-corrected chi connectivity index (χ0v) is 77.2. The Morgan fingerprint density at radius 1 is 0.174 bits per heavy atom. The summed E-state index contributed by atoms with van der Waals surface area (Å²) in [5, 5.41) is 20.1. The smallest absolute Gasteiger partial charge is 0.143 e. The first kappa shape index (κ1) is 81.2. The summed E-state index contributed by atoms with van der Waals surface area (Å²) in [5.74, 6) is 0. The number of aryl methyl sites for hydroxylation is 4. The monoisotopic (exact) mass is 1780 g/mol. The van der Waals surface area contributed by atoms with Crippen LogP contribution in [0.2, 0.25) is 0 Å². The van der Waals surface area contributed by atoms with Crippen molar-refractivity contribution < 1.29 is 8.83 Å². The van der Waals surface area contributed by atoms with Gasteiger partial charge in [0, 0.05) is 130 Å². The number of thiophene rings is 1. The van der Waals surface area contributed by atoms with E-state index in [1.165, 1.54) is 219 Å². The van der Waals surface area contributed by atoms with E-state index in [9.17, 15) is 0 Å². The molecule has 652 valence electrons. The summed E-state index contributed by atoms with van der Waals surface area (Å²) in [4.78, 5) is 0. The second-order valence-corrected chi connectivity index (χ2v) is 37.5. The summed E-state index contributed by atoms with van der Waals surface area (Å²) in [5.41, 5.74) is 36.8. The third-order valence-corrected chi connectivity index (χ3v) is 29.2. The molecule has 0 radical (unpaired) electrons. The summed E-state index contributed by atoms with van der Waals surface area (Å²) in [6.07, 6.45) is 0. The Labute approximate surface area is 800 Å². The Morgan fingerprint density at radius 2 is 0.471 bits per heavy atom. The maximum absolute atomic E-state index is 6.33. The minimum Gasteiger partial charge on any atom is -0.456 e. The van der Waals surface area contributed by atoms with Gasteiger partial charge in [-0.1, -0.05) is 284 Å². The molecule has 8 aromatic heterocycles. The number of rotatable bonds is 9. The Morgan fingerprint density at radius 3 is 0.957 bits per heavy atom. The highest BCUT2D eigenvalue weighted by Gasteiger charge is 2.24. The normalized spacial score (nSPS) is 11.8. The van der Waals surface area contributed by atoms with Gasteiger partial charge in [0.25, 0.3) is 0 Å². The van der Waals surface area contributed by atoms with E-state index in [2.05, 4.69) is 493 Å². The molecule has 0 atom stereocenters. The first-order valence-corrected chi connectivity index (χ1v) is 48.1. The fourth-order valence-corrected chi connectivity index (χ4v) is 22.7. The van der Waals surface area contributed by atoms with Gasteiger partial charge < -0.3 is 31.7 Å². The van der Waals surface area contributed by atoms with E-state index in [0.29, 0.717) is 0 Å². The van der Waals surface area contributed by atoms with Crippen molar-refractivity contribution in [1.29, 1.82) is 0 Å². The second kappa shape index (κ2) is 33.3. The van der Waals surface area contributed by atoms with Crippen molar-refractivity contribution in [3.63, 3.8) is 0 Å². The van der Waals surface area contributed by atoms with Crippen molar-refractivity contribution in [2.45, 2.75) is 27.7 Å². The highest BCUT2D eigenvalue weighted by atomic mass is 32.1. The van der Waals surface area contributed by atoms with Crippen molar-refractivity contribution >= 4 is 184 Å². The number of fused-ring (bicyclic) bond motifs is 24. The van der Waals surface area contributed by atoms with E-state index in [4.69, 9.17) is 8.83 Å². The molecule has 0 unspecified atom stereocenters. The van der Waals surface area contributed by atoms with E-state index in [1.807, 2.05) is 35.6 Å². The van der Waals surface area contributed by atoms with Crippen LogP contribution in [0.1, 0.15) is 22.3 Å². The quantitative estimate of drug-likeness (QED) is 0.145. The Kier molecular flexibility index (Phi) is 19.6. The van der Waals surface area contributed by atoms with Crippen molar-refractivity contribution in [3.05, 3.63) is 489 Å². The predicted molar refractivity (Wildman–Crippen MR) is 586 cm³/mol. The average Bonchev–Trinajstić information content (AvgIpc) is 1.56. The number of hydrogen-bond donors (Lipinski definition) is 0. The van der Waals surface area contributed by atoms with Crippen molar-refractivity contribution in [2.24, 2.45) is 0 Å². The maximum Gasteiger partial charge on any atom is 0.143 e. The molecule has 0 saturated carbocycles. The summed E-state index contributed by atoms with van der Waals surface area (Å²) in [7, 11) is 0. The molecule has 0 amide bonds. The van der Waals surface area contributed by atoms with Crippen molar-refractivity contribution in [1.82, 2.24) is 22.8 Å². The third kappa shape index (κ3) is 13.7. The summed E-state index contributed by atoms with van der Waals surface area (Å²) < 4.78 is 26.9. The van der Waals surface area contributed by atoms with Gasteiger partial charge in [-0.05, 0) is 272 Å². The number of aromatic nitrogens is 5. The lowest BCUT2D eigenvalue weighted by Crippen LogP contribution is -1.94. The molecule has 21 aromatic carbocycles. The molecule has 0 spiro atoms. The Bertz CT molecular complexity index is 9750. The zero-order chi connectivity index (χ0) is 91.7. The molecule has 0 aliphatic rings. The second-order valence-electron chi connectivity index (χ2n) is 36.4. The van der Waals surface area contributed by atoms with Crippen LogP contribution < -0.4 is 0 Å². The molecule has 0 N–H and O–H groups in total. The van der Waals surface area contributed by atoms with Crippen LogP contribution >= 0.6 is 11.3 Å². The number of benzene rings is 21. The predicted octanol–water partition coefficient (Wildman–Crippen LogP) is 36.3. The minimum absolute atomic E-state index is 0.928. The van der Waals surface area contributed by atoms with Crippen LogP contribution in [-0.2, 0) is 0 Å². The lowest BCUT2D eigenvalue weighted by molar-refractivity contribution is 0.669. The van der Waals surface area contributed by atoms with Crippen molar-refractivity contribution in [2.75, 3.05) is 0 Å². The largest absolute Gasteiger partial charge is 0.456 e. The van der Waals surface area contributed by atoms with E-state index < -0.39 is 0 Å². The van der Waals surface area contributed by atoms with Gasteiger partial charge in [0.1, 0.15) is 22.3 Å². The van der Waals surface area contributed by atoms with Crippen LogP contribution in [0.4, 0.5) is 0 Å². The van der Waals surface area contributed by atoms with Crippen LogP contribution in [-0.4, -0.2) is 22.8 Å². The average molecular weight is 1790 g/mol. The molecule has 8 heterocycles. The maximum atomic E-state index is 6.33. The number of furan rings is 2. The number of hydrogen-bond acceptors (Lipinski definition) is 3. The minimum atomic E-state index is 0.928. The highest BCUT2D eigenvalue weighted by molar-refractivity contribution is 7.25. The Balaban J connectivity index is 0.0000000953. The SMILES string of the molecule is Cc1ccc2c(c1)c1cc(-c3ccc4c(c3)c3ccccc3n4-c3ccccc3)ccc1n2-c1ccccc1.Cc1ccc2c(c1)c1cc(-c3ccc4sc5ccccc5c4c3)ccc1n2-c1ccccc1.Cc1cccc2c3cc(-c4ccc5oc6ccccc6c5c4)ccc3n(-c3ccccc3)c12.Cc1cccc2c3cc(-c4cccc5c4oc4ccccc45)ccc3n(-c3ccccc3)c12. The topological polar surface area (TPSA) is 50.9 Å². The molecule has 0 aliphatic carbocycles. The molecular weight excluding hydrogens is 1700 g/mol. The molecule has 138 heavy (non-hydrogen) atoms. The van der Waals surface area contributed by atoms with Gasteiger partial charge in [-0.25, -0.2) is 0 Å². The zero-order valence-electron chi connectivity index (χ0n) is 76.4. The van der Waals surface area contributed by atoms with Crippen LogP contribution in [0.3, 0.4) is 0 Å². The van der Waals surface area contributed by atoms with Gasteiger partial charge in [0.05, 0.1) is 55.2 Å². The fraction of sp³-hybridized carbons (Fsp3) is 0.0308. The van der Waals surface area contributed by atoms with Crippen LogP contribution in [0, 0.1) is 27.7 Å². The summed E-state index contributed by atoms with van der Waals surface area (Å²) >= 11 is 1.87. The molecular formula is C130H89N5O2S. The van der Waals surface area contributed by atoms with Crippen LogP contribution in [0.15, 0.2) is 476 Å². The molecule has 0 aliphatic heterocycles. The summed E-state index contributed by atoms with van der Waals surface area (Å²) in [6, 6.07) is 168. The van der Waals surface area contributed by atoms with E-state index in [0.717, 1.165) is 49.4 Å². The fourth-order valence-electron chi connectivity index (χ4n) is 21.7. The van der Waals surface area contributed by atoms with Gasteiger partial charge in [0.2, 0.25) is 0 Å². The van der Waals surface area contributed by atoms with Gasteiger partial charge in [-0.3, -0.25) is 0 Å². The molecule has 29 aromatic rings. The van der Waals surface area contributed by atoms with E-state index in [-0.39, 0.29) is 0 Å². The molecule has 7 nitrogen and oxygen atoms in total. The number of nitrogens with zero attached hydrogens (tertiary/aromatic N) is 5. The van der Waals surface area contributed by atoms with E-state index >= 15 is 0 Å². The van der Waals surface area contributed by atoms with Gasteiger partial charge in [0.15, 0.2) is 0 Å². The molecule has 8 heteroatoms. The summed E-state index contributed by atoms with van der Waals surface area (Å²) in [6.45, 7) is 8.73. The molecule has 0 fully saturated rings. The highest BCUT2D eigenvalue weighted by Crippen LogP contribution is 2.47. The molecule has 0 bridgehead atoms. The standard InChI is InChI=1S/C37H26N2.2C31H21NO.C31H21NS/c1-25-16-19-35-31(22-25)33-24-27(18-21-37(33)39(35)29-12-6-3-7-13-29)26-17-20-36-32(23-26)30-14-8-9-15-34(30)38(36)28-10-4-2-5-11-28;1-20-9-7-14-25-27-19-21(17-18-28(27)32(30(20)25)22-10-3-2-4-11-22)23-13-8-15-26-24-12-5-6-16-29(24)33-31(23)26;1-20-8-7-12-25-26-18-21(14-16-28(26)32(31(20)25)23-9-3-2-4-10-23)22-15-17-30-27(19-22)24-11-5-6-13-29(24)33-30;1-20-11-14-28-25(17-20)26-18-21(12-15-29(26)32(28)23-7-3-2-4-8-23)22-13-16-31-27(19-22)24-9-5-6-10-30(24)33-31/h2-24H,1H3;3*2-19H,1H3. The van der Waals surface area contributed by atoms with Crippen LogP contribution in [0.25, 0.3) is 246 Å². The van der Waals surface area contributed by atoms with Gasteiger partial charge in [-0.15, -0.1) is 11.3 Å². The van der Waals surface area contributed by atoms with Gasteiger partial charge in [-0.2, -0.15) is 0 Å². The van der Waals surface area contributed by atoms with Crippen LogP contribution in [0.5, 0.6) is 0 Å². The molecule has 0 saturated heterocycles. The third-order valence-electron chi connectivity index (χ3n) is 28.0. The molecule has 29 rings (SSSR count). The Hall–Kier alpha value is -17.6. The lowest BCUT2D eigenvalue weighted by Gasteiger charge is -2.09.